The normalized spacial score (nSPS) is 22.3. The Kier molecular flexibility index (Phi) is 4.05. The van der Waals surface area contributed by atoms with Gasteiger partial charge in [0.25, 0.3) is 0 Å². The van der Waals surface area contributed by atoms with Gasteiger partial charge in [0.1, 0.15) is 12.1 Å². The molecule has 0 radical (unpaired) electrons. The molecule has 2 atom stereocenters. The summed E-state index contributed by atoms with van der Waals surface area (Å²) in [7, 11) is 0. The Labute approximate surface area is 127 Å². The summed E-state index contributed by atoms with van der Waals surface area (Å²) in [4.78, 5) is 20.0. The first-order valence-corrected chi connectivity index (χ1v) is 8.20. The lowest BCUT2D eigenvalue weighted by atomic mass is 9.79. The number of rotatable bonds is 4. The van der Waals surface area contributed by atoms with Crippen molar-refractivity contribution in [3.63, 3.8) is 0 Å². The van der Waals surface area contributed by atoms with Crippen LogP contribution in [0.4, 0.5) is 5.82 Å². The summed E-state index contributed by atoms with van der Waals surface area (Å²) in [5, 5.41) is 14.8. The van der Waals surface area contributed by atoms with E-state index >= 15 is 0 Å². The van der Waals surface area contributed by atoms with Crippen molar-refractivity contribution in [2.75, 3.05) is 11.9 Å². The van der Waals surface area contributed by atoms with Gasteiger partial charge >= 0.3 is 5.97 Å². The van der Waals surface area contributed by atoms with Gasteiger partial charge in [-0.2, -0.15) is 0 Å². The van der Waals surface area contributed by atoms with Gasteiger partial charge in [0.15, 0.2) is 0 Å². The van der Waals surface area contributed by atoms with Gasteiger partial charge < -0.3 is 10.4 Å². The van der Waals surface area contributed by atoms with Gasteiger partial charge in [-0.1, -0.05) is 12.8 Å². The number of carbonyl (C=O) groups is 1. The standard InChI is InChI=1S/C15H19N3O2S/c1-9-7-21-13-12(9)17-8-18-14(13)16-6-10-4-2-3-5-11(10)15(19)20/h7-8,10-11H,2-6H2,1H3,(H,19,20)(H,16,17,18). The van der Waals surface area contributed by atoms with Crippen molar-refractivity contribution in [1.82, 2.24) is 9.97 Å². The minimum atomic E-state index is -0.665. The Balaban J connectivity index is 1.75. The lowest BCUT2D eigenvalue weighted by Gasteiger charge is -2.28. The fraction of sp³-hybridized carbons (Fsp3) is 0.533. The first-order chi connectivity index (χ1) is 10.2. The lowest BCUT2D eigenvalue weighted by molar-refractivity contribution is -0.144. The number of hydrogen-bond acceptors (Lipinski definition) is 5. The number of aromatic nitrogens is 2. The maximum atomic E-state index is 11.3. The second kappa shape index (κ2) is 5.97. The van der Waals surface area contributed by atoms with Gasteiger partial charge in [-0.05, 0) is 36.6 Å². The zero-order valence-electron chi connectivity index (χ0n) is 12.0. The minimum absolute atomic E-state index is 0.183. The van der Waals surface area contributed by atoms with Crippen molar-refractivity contribution in [2.45, 2.75) is 32.6 Å². The Bertz CT molecular complexity index is 655. The van der Waals surface area contributed by atoms with Crippen LogP contribution in [0.2, 0.25) is 0 Å². The number of hydrogen-bond donors (Lipinski definition) is 2. The molecule has 2 aromatic rings. The lowest BCUT2D eigenvalue weighted by Crippen LogP contribution is -2.31. The Morgan fingerprint density at radius 3 is 3.05 bits per heavy atom. The summed E-state index contributed by atoms with van der Waals surface area (Å²) < 4.78 is 1.05. The highest BCUT2D eigenvalue weighted by molar-refractivity contribution is 7.18. The quantitative estimate of drug-likeness (QED) is 0.906. The van der Waals surface area contributed by atoms with Crippen LogP contribution in [0.15, 0.2) is 11.7 Å². The van der Waals surface area contributed by atoms with E-state index in [9.17, 15) is 9.90 Å². The summed E-state index contributed by atoms with van der Waals surface area (Å²) in [5.41, 5.74) is 2.14. The molecule has 112 valence electrons. The number of thiophene rings is 1. The summed E-state index contributed by atoms with van der Waals surface area (Å²) in [6.45, 7) is 2.71. The number of carboxylic acids is 1. The van der Waals surface area contributed by atoms with Gasteiger partial charge in [0.2, 0.25) is 0 Å². The molecule has 2 heterocycles. The number of carboxylic acid groups (broad SMARTS) is 1. The van der Waals surface area contributed by atoms with E-state index in [4.69, 9.17) is 0 Å². The number of aliphatic carboxylic acids is 1. The van der Waals surface area contributed by atoms with E-state index in [1.165, 1.54) is 0 Å². The van der Waals surface area contributed by atoms with Gasteiger partial charge in [0, 0.05) is 6.54 Å². The van der Waals surface area contributed by atoms with Gasteiger partial charge in [0.05, 0.1) is 16.1 Å². The van der Waals surface area contributed by atoms with Crippen LogP contribution in [0.3, 0.4) is 0 Å². The molecule has 2 unspecified atom stereocenters. The van der Waals surface area contributed by atoms with Crippen LogP contribution >= 0.6 is 11.3 Å². The maximum absolute atomic E-state index is 11.3. The molecule has 1 aliphatic carbocycles. The minimum Gasteiger partial charge on any atom is -0.481 e. The van der Waals surface area contributed by atoms with Crippen molar-refractivity contribution in [3.8, 4) is 0 Å². The molecule has 21 heavy (non-hydrogen) atoms. The number of aryl methyl sites for hydroxylation is 1. The molecular formula is C15H19N3O2S. The molecule has 0 aromatic carbocycles. The highest BCUT2D eigenvalue weighted by Crippen LogP contribution is 2.32. The number of nitrogens with one attached hydrogen (secondary N) is 1. The Morgan fingerprint density at radius 2 is 2.24 bits per heavy atom. The molecule has 1 saturated carbocycles. The predicted octanol–water partition coefficient (Wildman–Crippen LogP) is 3.30. The zero-order chi connectivity index (χ0) is 14.8. The van der Waals surface area contributed by atoms with Crippen LogP contribution in [-0.2, 0) is 4.79 Å². The number of anilines is 1. The molecule has 0 amide bonds. The second-order valence-electron chi connectivity index (χ2n) is 5.69. The summed E-state index contributed by atoms with van der Waals surface area (Å²) in [6.07, 6.45) is 5.48. The fourth-order valence-corrected chi connectivity index (χ4v) is 4.07. The van der Waals surface area contributed by atoms with Crippen LogP contribution in [0, 0.1) is 18.8 Å². The highest BCUT2D eigenvalue weighted by Gasteiger charge is 2.30. The third-order valence-corrected chi connectivity index (χ3v) is 5.38. The SMILES string of the molecule is Cc1csc2c(NCC3CCCCC3C(=O)O)ncnc12. The molecule has 1 fully saturated rings. The van der Waals surface area contributed by atoms with Crippen LogP contribution in [-0.4, -0.2) is 27.6 Å². The molecule has 2 aromatic heterocycles. The molecule has 5 nitrogen and oxygen atoms in total. The molecule has 0 spiro atoms. The van der Waals surface area contributed by atoms with Crippen LogP contribution < -0.4 is 5.32 Å². The zero-order valence-corrected chi connectivity index (χ0v) is 12.8. The van der Waals surface area contributed by atoms with Crippen molar-refractivity contribution in [1.29, 1.82) is 0 Å². The molecule has 0 aliphatic heterocycles. The van der Waals surface area contributed by atoms with E-state index in [0.29, 0.717) is 6.54 Å². The Morgan fingerprint density at radius 1 is 1.43 bits per heavy atom. The van der Waals surface area contributed by atoms with Crippen molar-refractivity contribution < 1.29 is 9.90 Å². The number of nitrogens with zero attached hydrogens (tertiary/aromatic N) is 2. The van der Waals surface area contributed by atoms with Crippen molar-refractivity contribution in [2.24, 2.45) is 11.8 Å². The van der Waals surface area contributed by atoms with Crippen LogP contribution in [0.5, 0.6) is 0 Å². The first kappa shape index (κ1) is 14.3. The van der Waals surface area contributed by atoms with E-state index in [2.05, 4.69) is 20.7 Å². The molecule has 2 N–H and O–H groups in total. The third-order valence-electron chi connectivity index (χ3n) is 4.29. The van der Waals surface area contributed by atoms with E-state index in [-0.39, 0.29) is 11.8 Å². The second-order valence-corrected chi connectivity index (χ2v) is 6.57. The van der Waals surface area contributed by atoms with Crippen molar-refractivity contribution >= 4 is 33.3 Å². The average molecular weight is 305 g/mol. The largest absolute Gasteiger partial charge is 0.481 e. The van der Waals surface area contributed by atoms with E-state index < -0.39 is 5.97 Å². The van der Waals surface area contributed by atoms with E-state index in [1.807, 2.05) is 6.92 Å². The molecule has 0 bridgehead atoms. The van der Waals surface area contributed by atoms with E-state index in [0.717, 1.165) is 47.3 Å². The Hall–Kier alpha value is -1.69. The fourth-order valence-electron chi connectivity index (χ4n) is 3.10. The van der Waals surface area contributed by atoms with Crippen LogP contribution in [0.1, 0.15) is 31.2 Å². The average Bonchev–Trinajstić information content (AvgIpc) is 2.87. The molecule has 0 saturated heterocycles. The molecular weight excluding hydrogens is 286 g/mol. The highest BCUT2D eigenvalue weighted by atomic mass is 32.1. The molecule has 6 heteroatoms. The molecule has 3 rings (SSSR count). The maximum Gasteiger partial charge on any atom is 0.306 e. The summed E-state index contributed by atoms with van der Waals surface area (Å²) in [5.74, 6) is 0.116. The first-order valence-electron chi connectivity index (χ1n) is 7.32. The van der Waals surface area contributed by atoms with Crippen LogP contribution in [0.25, 0.3) is 10.2 Å². The predicted molar refractivity (Wildman–Crippen MR) is 83.7 cm³/mol. The summed E-state index contributed by atoms with van der Waals surface area (Å²) >= 11 is 1.63. The van der Waals surface area contributed by atoms with E-state index in [1.54, 1.807) is 17.7 Å². The monoisotopic (exact) mass is 305 g/mol. The smallest absolute Gasteiger partial charge is 0.306 e. The van der Waals surface area contributed by atoms with Gasteiger partial charge in [-0.15, -0.1) is 11.3 Å². The summed E-state index contributed by atoms with van der Waals surface area (Å²) in [6, 6.07) is 0. The van der Waals surface area contributed by atoms with Gasteiger partial charge in [-0.3, -0.25) is 4.79 Å². The van der Waals surface area contributed by atoms with Crippen molar-refractivity contribution in [3.05, 3.63) is 17.3 Å². The topological polar surface area (TPSA) is 75.1 Å². The van der Waals surface area contributed by atoms with Gasteiger partial charge in [-0.25, -0.2) is 9.97 Å². The molecule has 1 aliphatic rings. The number of fused-ring (bicyclic) bond motifs is 1. The third kappa shape index (κ3) is 2.85.